The molecule has 0 spiro atoms. The van der Waals surface area contributed by atoms with E-state index in [1.807, 2.05) is 6.92 Å². The van der Waals surface area contributed by atoms with E-state index in [-0.39, 0.29) is 5.69 Å². The van der Waals surface area contributed by atoms with Gasteiger partial charge in [0, 0.05) is 12.7 Å². The lowest BCUT2D eigenvalue weighted by atomic mass is 9.77. The quantitative estimate of drug-likeness (QED) is 0.878. The van der Waals surface area contributed by atoms with E-state index >= 15 is 0 Å². The van der Waals surface area contributed by atoms with Gasteiger partial charge in [0.05, 0.1) is 0 Å². The summed E-state index contributed by atoms with van der Waals surface area (Å²) < 4.78 is 1.60. The zero-order valence-electron chi connectivity index (χ0n) is 12.1. The fourth-order valence-corrected chi connectivity index (χ4v) is 2.60. The highest BCUT2D eigenvalue weighted by Crippen LogP contribution is 2.32. The van der Waals surface area contributed by atoms with Crippen LogP contribution in [-0.4, -0.2) is 32.3 Å². The van der Waals surface area contributed by atoms with Crippen molar-refractivity contribution in [2.75, 3.05) is 0 Å². The maximum atomic E-state index is 12.2. The SMILES string of the molecule is Cc1cc(C(=O)NC2(C(=O)O)CCC(C)CC2)nn1C. The number of hydrogen-bond acceptors (Lipinski definition) is 3. The molecule has 0 atom stereocenters. The molecule has 1 aromatic heterocycles. The van der Waals surface area contributed by atoms with Crippen LogP contribution in [0.1, 0.15) is 48.8 Å². The summed E-state index contributed by atoms with van der Waals surface area (Å²) in [6, 6.07) is 1.66. The molecule has 1 aliphatic rings. The van der Waals surface area contributed by atoms with Crippen molar-refractivity contribution in [2.24, 2.45) is 13.0 Å². The van der Waals surface area contributed by atoms with Gasteiger partial charge in [-0.25, -0.2) is 4.79 Å². The van der Waals surface area contributed by atoms with Gasteiger partial charge < -0.3 is 10.4 Å². The highest BCUT2D eigenvalue weighted by molar-refractivity contribution is 5.96. The lowest BCUT2D eigenvalue weighted by Gasteiger charge is -2.36. The van der Waals surface area contributed by atoms with Gasteiger partial charge in [0.1, 0.15) is 11.2 Å². The maximum Gasteiger partial charge on any atom is 0.329 e. The normalized spacial score (nSPS) is 26.2. The topological polar surface area (TPSA) is 84.2 Å². The predicted octanol–water partition coefficient (Wildman–Crippen LogP) is 1.49. The molecule has 1 amide bonds. The van der Waals surface area contributed by atoms with Crippen molar-refractivity contribution in [2.45, 2.75) is 45.1 Å². The van der Waals surface area contributed by atoms with E-state index in [0.29, 0.717) is 18.8 Å². The molecule has 2 rings (SSSR count). The van der Waals surface area contributed by atoms with E-state index in [2.05, 4.69) is 17.3 Å². The number of carboxylic acids is 1. The Hall–Kier alpha value is -1.85. The Kier molecular flexibility index (Phi) is 3.83. The van der Waals surface area contributed by atoms with Gasteiger partial charge in [-0.2, -0.15) is 5.10 Å². The van der Waals surface area contributed by atoms with Crippen LogP contribution in [0.4, 0.5) is 0 Å². The van der Waals surface area contributed by atoms with E-state index in [1.54, 1.807) is 17.8 Å². The van der Waals surface area contributed by atoms with Crippen LogP contribution in [0.2, 0.25) is 0 Å². The summed E-state index contributed by atoms with van der Waals surface area (Å²) in [5.74, 6) is -0.854. The largest absolute Gasteiger partial charge is 0.480 e. The van der Waals surface area contributed by atoms with Crippen LogP contribution in [0, 0.1) is 12.8 Å². The summed E-state index contributed by atoms with van der Waals surface area (Å²) in [6.07, 6.45) is 2.57. The lowest BCUT2D eigenvalue weighted by molar-refractivity contribution is -0.146. The Labute approximate surface area is 118 Å². The Bertz CT molecular complexity index is 508. The number of aliphatic carboxylic acids is 1. The van der Waals surface area contributed by atoms with E-state index in [9.17, 15) is 14.7 Å². The number of nitrogens with one attached hydrogen (secondary N) is 1. The summed E-state index contributed by atoms with van der Waals surface area (Å²) in [7, 11) is 1.75. The molecule has 2 N–H and O–H groups in total. The number of amides is 1. The fourth-order valence-electron chi connectivity index (χ4n) is 2.60. The van der Waals surface area contributed by atoms with Gasteiger partial charge in [-0.05, 0) is 44.6 Å². The first kappa shape index (κ1) is 14.6. The molecule has 0 saturated heterocycles. The number of aromatic nitrogens is 2. The van der Waals surface area contributed by atoms with Gasteiger partial charge in [0.25, 0.3) is 5.91 Å². The zero-order valence-corrected chi connectivity index (χ0v) is 12.1. The molecule has 20 heavy (non-hydrogen) atoms. The first-order chi connectivity index (χ1) is 9.34. The number of aryl methyl sites for hydroxylation is 2. The highest BCUT2D eigenvalue weighted by Gasteiger charge is 2.42. The summed E-state index contributed by atoms with van der Waals surface area (Å²) in [5.41, 5.74) is -0.0179. The Balaban J connectivity index is 2.16. The second kappa shape index (κ2) is 5.26. The summed E-state index contributed by atoms with van der Waals surface area (Å²) in [6.45, 7) is 3.95. The van der Waals surface area contributed by atoms with Crippen molar-refractivity contribution < 1.29 is 14.7 Å². The molecule has 1 saturated carbocycles. The van der Waals surface area contributed by atoms with Gasteiger partial charge in [-0.15, -0.1) is 0 Å². The molecule has 6 nitrogen and oxygen atoms in total. The van der Waals surface area contributed by atoms with Crippen LogP contribution in [0.15, 0.2) is 6.07 Å². The van der Waals surface area contributed by atoms with Gasteiger partial charge in [0.2, 0.25) is 0 Å². The van der Waals surface area contributed by atoms with Crippen LogP contribution in [0.5, 0.6) is 0 Å². The monoisotopic (exact) mass is 279 g/mol. The molecule has 1 aromatic rings. The van der Waals surface area contributed by atoms with Gasteiger partial charge >= 0.3 is 5.97 Å². The van der Waals surface area contributed by atoms with Crippen LogP contribution in [0.3, 0.4) is 0 Å². The zero-order chi connectivity index (χ0) is 14.9. The third kappa shape index (κ3) is 2.69. The molecular weight excluding hydrogens is 258 g/mol. The van der Waals surface area contributed by atoms with E-state index in [0.717, 1.165) is 18.5 Å². The minimum Gasteiger partial charge on any atom is -0.480 e. The van der Waals surface area contributed by atoms with Crippen molar-refractivity contribution in [3.05, 3.63) is 17.5 Å². The van der Waals surface area contributed by atoms with Crippen LogP contribution >= 0.6 is 0 Å². The molecule has 0 aromatic carbocycles. The molecule has 0 radical (unpaired) electrons. The first-order valence-electron chi connectivity index (χ1n) is 6.90. The summed E-state index contributed by atoms with van der Waals surface area (Å²) in [4.78, 5) is 23.8. The summed E-state index contributed by atoms with van der Waals surface area (Å²) in [5, 5.41) is 16.3. The molecule has 0 aliphatic heterocycles. The maximum absolute atomic E-state index is 12.2. The van der Waals surface area contributed by atoms with E-state index < -0.39 is 17.4 Å². The predicted molar refractivity (Wildman–Crippen MR) is 73.4 cm³/mol. The molecule has 6 heteroatoms. The second-order valence-electron chi connectivity index (χ2n) is 5.82. The van der Waals surface area contributed by atoms with Crippen molar-refractivity contribution in [3.8, 4) is 0 Å². The molecule has 1 fully saturated rings. The second-order valence-corrected chi connectivity index (χ2v) is 5.82. The van der Waals surface area contributed by atoms with Crippen molar-refractivity contribution in [1.82, 2.24) is 15.1 Å². The van der Waals surface area contributed by atoms with Gasteiger partial charge in [0.15, 0.2) is 0 Å². The fraction of sp³-hybridized carbons (Fsp3) is 0.643. The number of hydrogen-bond donors (Lipinski definition) is 2. The molecule has 110 valence electrons. The van der Waals surface area contributed by atoms with E-state index in [1.165, 1.54) is 0 Å². The minimum absolute atomic E-state index is 0.268. The first-order valence-corrected chi connectivity index (χ1v) is 6.90. The number of carboxylic acid groups (broad SMARTS) is 1. The molecule has 0 unspecified atom stereocenters. The number of carbonyl (C=O) groups excluding carboxylic acids is 1. The third-order valence-electron chi connectivity index (χ3n) is 4.24. The van der Waals surface area contributed by atoms with Crippen molar-refractivity contribution in [3.63, 3.8) is 0 Å². The Morgan fingerprint density at radius 2 is 2.05 bits per heavy atom. The lowest BCUT2D eigenvalue weighted by Crippen LogP contribution is -2.56. The molecule has 1 heterocycles. The number of carbonyl (C=O) groups is 2. The third-order valence-corrected chi connectivity index (χ3v) is 4.24. The van der Waals surface area contributed by atoms with Crippen LogP contribution in [0.25, 0.3) is 0 Å². The minimum atomic E-state index is -1.14. The molecular formula is C14H21N3O3. The van der Waals surface area contributed by atoms with Crippen molar-refractivity contribution >= 4 is 11.9 Å². The van der Waals surface area contributed by atoms with Gasteiger partial charge in [-0.1, -0.05) is 6.92 Å². The standard InChI is InChI=1S/C14H21N3O3/c1-9-4-6-14(7-5-9,13(19)20)15-12(18)11-8-10(2)17(3)16-11/h8-9H,4-7H2,1-3H3,(H,15,18)(H,19,20). The van der Waals surface area contributed by atoms with Crippen molar-refractivity contribution in [1.29, 1.82) is 0 Å². The average molecular weight is 279 g/mol. The number of nitrogens with zero attached hydrogens (tertiary/aromatic N) is 2. The Morgan fingerprint density at radius 3 is 2.50 bits per heavy atom. The Morgan fingerprint density at radius 1 is 1.45 bits per heavy atom. The highest BCUT2D eigenvalue weighted by atomic mass is 16.4. The summed E-state index contributed by atoms with van der Waals surface area (Å²) >= 11 is 0. The molecule has 1 aliphatic carbocycles. The smallest absolute Gasteiger partial charge is 0.329 e. The van der Waals surface area contributed by atoms with Crippen LogP contribution in [-0.2, 0) is 11.8 Å². The van der Waals surface area contributed by atoms with Gasteiger partial charge in [-0.3, -0.25) is 9.48 Å². The van der Waals surface area contributed by atoms with Crippen LogP contribution < -0.4 is 5.32 Å². The number of rotatable bonds is 3. The molecule has 0 bridgehead atoms. The average Bonchev–Trinajstić information content (AvgIpc) is 2.72. The van der Waals surface area contributed by atoms with E-state index in [4.69, 9.17) is 0 Å².